The Morgan fingerprint density at radius 3 is 2.78 bits per heavy atom. The molecule has 0 unspecified atom stereocenters. The molecule has 2 N–H and O–H groups in total. The van der Waals surface area contributed by atoms with Crippen LogP contribution in [0.2, 0.25) is 0 Å². The number of aliphatic hydroxyl groups excluding tert-OH is 1. The normalized spacial score (nSPS) is 22.4. The van der Waals surface area contributed by atoms with Gasteiger partial charge in [0, 0.05) is 0 Å². The fourth-order valence-electron chi connectivity index (χ4n) is 1.56. The number of carbonyl (C=O) groups excluding carboxylic acids is 2. The van der Waals surface area contributed by atoms with Crippen LogP contribution < -0.4 is 5.32 Å². The number of nitrogens with one attached hydrogen (secondary N) is 1. The van der Waals surface area contributed by atoms with Crippen LogP contribution in [-0.4, -0.2) is 35.9 Å². The average molecular weight is 251 g/mol. The Bertz CT molecular complexity index is 433. The zero-order valence-electron chi connectivity index (χ0n) is 9.54. The van der Waals surface area contributed by atoms with Crippen molar-refractivity contribution in [2.45, 2.75) is 18.8 Å². The molecule has 1 fully saturated rings. The predicted molar refractivity (Wildman–Crippen MR) is 60.5 cm³/mol. The SMILES string of the molecule is O=C(N[C@@H]1C(=O)OC[C@@H]1O)OCc1ccccc1. The Morgan fingerprint density at radius 1 is 1.44 bits per heavy atom. The number of aliphatic hydroxyl groups is 1. The molecule has 6 heteroatoms. The fraction of sp³-hybridized carbons (Fsp3) is 0.333. The Hall–Kier alpha value is -2.08. The highest BCUT2D eigenvalue weighted by molar-refractivity contribution is 5.83. The maximum Gasteiger partial charge on any atom is 0.408 e. The summed E-state index contributed by atoms with van der Waals surface area (Å²) in [6.07, 6.45) is -1.79. The lowest BCUT2D eigenvalue weighted by Gasteiger charge is -2.12. The summed E-state index contributed by atoms with van der Waals surface area (Å²) in [6, 6.07) is 8.09. The molecule has 1 aromatic carbocycles. The maximum atomic E-state index is 11.4. The van der Waals surface area contributed by atoms with E-state index in [0.29, 0.717) is 0 Å². The first-order valence-electron chi connectivity index (χ1n) is 5.49. The third kappa shape index (κ3) is 2.98. The third-order valence-electron chi connectivity index (χ3n) is 2.52. The van der Waals surface area contributed by atoms with Gasteiger partial charge in [0.1, 0.15) is 19.3 Å². The van der Waals surface area contributed by atoms with Crippen molar-refractivity contribution in [3.8, 4) is 0 Å². The van der Waals surface area contributed by atoms with E-state index in [0.717, 1.165) is 5.56 Å². The Morgan fingerprint density at radius 2 is 2.17 bits per heavy atom. The molecule has 0 bridgehead atoms. The number of hydrogen-bond acceptors (Lipinski definition) is 5. The molecule has 2 rings (SSSR count). The molecule has 1 aromatic rings. The predicted octanol–water partition coefficient (Wildman–Crippen LogP) is 0.199. The molecule has 0 radical (unpaired) electrons. The highest BCUT2D eigenvalue weighted by atomic mass is 16.6. The summed E-state index contributed by atoms with van der Waals surface area (Å²) in [5, 5.41) is 11.6. The number of alkyl carbamates (subject to hydrolysis) is 1. The van der Waals surface area contributed by atoms with Crippen molar-refractivity contribution in [3.63, 3.8) is 0 Å². The number of amides is 1. The highest BCUT2D eigenvalue weighted by Crippen LogP contribution is 2.08. The van der Waals surface area contributed by atoms with Crippen molar-refractivity contribution < 1.29 is 24.2 Å². The summed E-state index contributed by atoms with van der Waals surface area (Å²) in [5.41, 5.74) is 0.835. The molecule has 1 aliphatic heterocycles. The molecule has 6 nitrogen and oxygen atoms in total. The van der Waals surface area contributed by atoms with Crippen molar-refractivity contribution in [2.24, 2.45) is 0 Å². The van der Waals surface area contributed by atoms with Gasteiger partial charge in [0.2, 0.25) is 0 Å². The molecule has 1 aliphatic rings. The first-order valence-corrected chi connectivity index (χ1v) is 5.49. The lowest BCUT2D eigenvalue weighted by atomic mass is 10.2. The molecular weight excluding hydrogens is 238 g/mol. The smallest absolute Gasteiger partial charge is 0.408 e. The molecule has 0 saturated carbocycles. The van der Waals surface area contributed by atoms with Crippen LogP contribution in [0.3, 0.4) is 0 Å². The van der Waals surface area contributed by atoms with Crippen molar-refractivity contribution >= 4 is 12.1 Å². The zero-order chi connectivity index (χ0) is 13.0. The second kappa shape index (κ2) is 5.50. The van der Waals surface area contributed by atoms with Crippen LogP contribution in [0.15, 0.2) is 30.3 Å². The Balaban J connectivity index is 1.80. The summed E-state index contributed by atoms with van der Waals surface area (Å²) < 4.78 is 9.50. The topological polar surface area (TPSA) is 84.9 Å². The molecule has 2 atom stereocenters. The van der Waals surface area contributed by atoms with Gasteiger partial charge in [-0.05, 0) is 5.56 Å². The van der Waals surface area contributed by atoms with Gasteiger partial charge in [0.05, 0.1) is 0 Å². The molecule has 18 heavy (non-hydrogen) atoms. The third-order valence-corrected chi connectivity index (χ3v) is 2.52. The van der Waals surface area contributed by atoms with E-state index in [1.54, 1.807) is 0 Å². The lowest BCUT2D eigenvalue weighted by Crippen LogP contribution is -2.45. The van der Waals surface area contributed by atoms with Gasteiger partial charge in [-0.2, -0.15) is 0 Å². The van der Waals surface area contributed by atoms with Crippen LogP contribution in [-0.2, 0) is 20.9 Å². The lowest BCUT2D eigenvalue weighted by molar-refractivity contribution is -0.139. The largest absolute Gasteiger partial charge is 0.461 e. The van der Waals surface area contributed by atoms with E-state index in [1.807, 2.05) is 30.3 Å². The van der Waals surface area contributed by atoms with Crippen LogP contribution in [0.4, 0.5) is 4.79 Å². The minimum atomic E-state index is -1.05. The van der Waals surface area contributed by atoms with E-state index in [-0.39, 0.29) is 13.2 Å². The monoisotopic (exact) mass is 251 g/mol. The van der Waals surface area contributed by atoms with Crippen LogP contribution in [0.25, 0.3) is 0 Å². The number of carbonyl (C=O) groups is 2. The number of rotatable bonds is 3. The highest BCUT2D eigenvalue weighted by Gasteiger charge is 2.37. The number of cyclic esters (lactones) is 1. The van der Waals surface area contributed by atoms with E-state index in [1.165, 1.54) is 0 Å². The van der Waals surface area contributed by atoms with Crippen LogP contribution in [0.1, 0.15) is 5.56 Å². The van der Waals surface area contributed by atoms with Crippen molar-refractivity contribution in [1.82, 2.24) is 5.32 Å². The summed E-state index contributed by atoms with van der Waals surface area (Å²) in [6.45, 7) is -0.00694. The molecule has 1 heterocycles. The van der Waals surface area contributed by atoms with Gasteiger partial charge >= 0.3 is 12.1 Å². The van der Waals surface area contributed by atoms with E-state index in [4.69, 9.17) is 4.74 Å². The average Bonchev–Trinajstić information content (AvgIpc) is 2.69. The number of esters is 1. The number of ether oxygens (including phenoxy) is 2. The van der Waals surface area contributed by atoms with E-state index >= 15 is 0 Å². The molecule has 1 saturated heterocycles. The van der Waals surface area contributed by atoms with Crippen molar-refractivity contribution in [2.75, 3.05) is 6.61 Å². The Labute approximate surface area is 104 Å². The van der Waals surface area contributed by atoms with Gasteiger partial charge in [-0.3, -0.25) is 0 Å². The van der Waals surface area contributed by atoms with Gasteiger partial charge in [-0.1, -0.05) is 30.3 Å². The summed E-state index contributed by atoms with van der Waals surface area (Å²) in [7, 11) is 0. The quantitative estimate of drug-likeness (QED) is 0.749. The number of benzene rings is 1. The van der Waals surface area contributed by atoms with E-state index < -0.39 is 24.2 Å². The second-order valence-electron chi connectivity index (χ2n) is 3.88. The molecule has 0 aromatic heterocycles. The van der Waals surface area contributed by atoms with Crippen molar-refractivity contribution in [1.29, 1.82) is 0 Å². The standard InChI is InChI=1S/C12H13NO5/c14-9-7-17-11(15)10(9)13-12(16)18-6-8-4-2-1-3-5-8/h1-5,9-10,14H,6-7H2,(H,13,16)/t9-,10-/m0/s1. The van der Waals surface area contributed by atoms with Crippen LogP contribution >= 0.6 is 0 Å². The zero-order valence-corrected chi connectivity index (χ0v) is 9.54. The van der Waals surface area contributed by atoms with E-state index in [2.05, 4.69) is 10.1 Å². The first kappa shape index (κ1) is 12.4. The summed E-state index contributed by atoms with van der Waals surface area (Å²) in [4.78, 5) is 22.6. The molecule has 96 valence electrons. The van der Waals surface area contributed by atoms with Crippen molar-refractivity contribution in [3.05, 3.63) is 35.9 Å². The number of hydrogen-bond donors (Lipinski definition) is 2. The molecular formula is C12H13NO5. The van der Waals surface area contributed by atoms with Gasteiger partial charge < -0.3 is 19.9 Å². The van der Waals surface area contributed by atoms with E-state index in [9.17, 15) is 14.7 Å². The molecule has 0 aliphatic carbocycles. The minimum absolute atomic E-state index is 0.102. The second-order valence-corrected chi connectivity index (χ2v) is 3.88. The summed E-state index contributed by atoms with van der Waals surface area (Å²) >= 11 is 0. The minimum Gasteiger partial charge on any atom is -0.461 e. The molecule has 1 amide bonds. The van der Waals surface area contributed by atoms with Gasteiger partial charge in [-0.25, -0.2) is 9.59 Å². The van der Waals surface area contributed by atoms with Gasteiger partial charge in [0.25, 0.3) is 0 Å². The van der Waals surface area contributed by atoms with Crippen LogP contribution in [0, 0.1) is 0 Å². The Kier molecular flexibility index (Phi) is 3.78. The molecule has 0 spiro atoms. The van der Waals surface area contributed by atoms with Gasteiger partial charge in [0.15, 0.2) is 6.04 Å². The summed E-state index contributed by atoms with van der Waals surface area (Å²) in [5.74, 6) is -0.654. The fourth-order valence-corrected chi connectivity index (χ4v) is 1.56. The first-order chi connectivity index (χ1) is 8.66. The maximum absolute atomic E-state index is 11.4. The van der Waals surface area contributed by atoms with Gasteiger partial charge in [-0.15, -0.1) is 0 Å². The van der Waals surface area contributed by atoms with Crippen LogP contribution in [0.5, 0.6) is 0 Å².